The maximum absolute atomic E-state index is 8.77. The molecular weight excluding hydrogens is 240 g/mol. The highest BCUT2D eigenvalue weighted by atomic mass is 16.5. The molecule has 100 valence electrons. The normalized spacial score (nSPS) is 10.2. The van der Waals surface area contributed by atoms with E-state index in [0.717, 1.165) is 11.1 Å². The summed E-state index contributed by atoms with van der Waals surface area (Å²) in [6, 6.07) is 1.96. The van der Waals surface area contributed by atoms with E-state index in [4.69, 9.17) is 20.0 Å². The lowest BCUT2D eigenvalue weighted by molar-refractivity contribution is 0.463. The van der Waals surface area contributed by atoms with Crippen molar-refractivity contribution in [3.8, 4) is 24.0 Å². The Morgan fingerprint density at radius 3 is 1.53 bits per heavy atom. The summed E-state index contributed by atoms with van der Waals surface area (Å²) in [6.07, 6.45) is 3.40. The fourth-order valence-electron chi connectivity index (χ4n) is 2.05. The highest BCUT2D eigenvalue weighted by Gasteiger charge is 2.21. The Kier molecular flexibility index (Phi) is 4.78. The summed E-state index contributed by atoms with van der Waals surface area (Å²) in [4.78, 5) is 0. The van der Waals surface area contributed by atoms with Gasteiger partial charge in [0, 0.05) is 5.56 Å². The summed E-state index contributed by atoms with van der Waals surface area (Å²) >= 11 is 0. The van der Waals surface area contributed by atoms with E-state index in [-0.39, 0.29) is 11.8 Å². The van der Waals surface area contributed by atoms with Crippen LogP contribution in [0.4, 0.5) is 0 Å². The molecule has 0 amide bonds. The molecule has 0 aliphatic rings. The fourth-order valence-corrected chi connectivity index (χ4v) is 2.05. The Morgan fingerprint density at radius 2 is 1.26 bits per heavy atom. The van der Waals surface area contributed by atoms with E-state index in [1.807, 2.05) is 33.8 Å². The Bertz CT molecular complexity index is 502. The van der Waals surface area contributed by atoms with Gasteiger partial charge in [0.05, 0.1) is 0 Å². The Morgan fingerprint density at radius 1 is 0.895 bits per heavy atom. The van der Waals surface area contributed by atoms with Crippen LogP contribution in [0.2, 0.25) is 0 Å². The van der Waals surface area contributed by atoms with E-state index < -0.39 is 0 Å². The minimum atomic E-state index is 0.218. The molecule has 0 saturated carbocycles. The smallest absolute Gasteiger partial charge is 0.292 e. The number of rotatable bonds is 4. The zero-order chi connectivity index (χ0) is 14.6. The van der Waals surface area contributed by atoms with Gasteiger partial charge in [-0.05, 0) is 36.0 Å². The van der Waals surface area contributed by atoms with Gasteiger partial charge in [0.2, 0.25) is 0 Å². The van der Waals surface area contributed by atoms with Crippen LogP contribution in [0, 0.1) is 30.0 Å². The molecule has 0 heterocycles. The van der Waals surface area contributed by atoms with Crippen molar-refractivity contribution in [3.63, 3.8) is 0 Å². The van der Waals surface area contributed by atoms with Crippen molar-refractivity contribution in [1.29, 1.82) is 10.5 Å². The Hall–Kier alpha value is -2.20. The van der Waals surface area contributed by atoms with Gasteiger partial charge < -0.3 is 9.47 Å². The first-order chi connectivity index (χ1) is 8.93. The minimum Gasteiger partial charge on any atom is -0.387 e. The molecule has 0 bridgehead atoms. The van der Waals surface area contributed by atoms with Crippen molar-refractivity contribution in [2.75, 3.05) is 0 Å². The molecular formula is C15H18N2O2. The van der Waals surface area contributed by atoms with Crippen molar-refractivity contribution < 1.29 is 9.47 Å². The number of nitriles is 2. The molecule has 0 fully saturated rings. The molecule has 0 atom stereocenters. The number of hydrogen-bond acceptors (Lipinski definition) is 4. The third kappa shape index (κ3) is 2.98. The second kappa shape index (κ2) is 6.11. The lowest BCUT2D eigenvalue weighted by atomic mass is 9.91. The van der Waals surface area contributed by atoms with Crippen molar-refractivity contribution in [3.05, 3.63) is 22.8 Å². The number of nitrogens with zero attached hydrogens (tertiary/aromatic N) is 2. The van der Waals surface area contributed by atoms with Crippen LogP contribution in [0.15, 0.2) is 6.07 Å². The van der Waals surface area contributed by atoms with Gasteiger partial charge in [-0.3, -0.25) is 0 Å². The molecule has 19 heavy (non-hydrogen) atoms. The first-order valence-electron chi connectivity index (χ1n) is 6.23. The first-order valence-corrected chi connectivity index (χ1v) is 6.23. The zero-order valence-electron chi connectivity index (χ0n) is 11.9. The van der Waals surface area contributed by atoms with Crippen LogP contribution in [0.3, 0.4) is 0 Å². The SMILES string of the molecule is Cc1c(OC#N)c(C(C)C)cc(C(C)C)c1OC#N. The predicted molar refractivity (Wildman–Crippen MR) is 71.8 cm³/mol. The van der Waals surface area contributed by atoms with E-state index >= 15 is 0 Å². The molecule has 0 unspecified atom stereocenters. The maximum atomic E-state index is 8.77. The third-order valence-electron chi connectivity index (χ3n) is 3.06. The molecule has 0 N–H and O–H groups in total. The molecule has 4 nitrogen and oxygen atoms in total. The van der Waals surface area contributed by atoms with Crippen molar-refractivity contribution in [2.45, 2.75) is 46.5 Å². The van der Waals surface area contributed by atoms with E-state index in [0.29, 0.717) is 17.1 Å². The molecule has 0 aliphatic carbocycles. The van der Waals surface area contributed by atoms with Crippen molar-refractivity contribution in [2.24, 2.45) is 0 Å². The minimum absolute atomic E-state index is 0.218. The molecule has 1 aromatic carbocycles. The molecule has 1 aromatic rings. The highest BCUT2D eigenvalue weighted by Crippen LogP contribution is 2.41. The van der Waals surface area contributed by atoms with Gasteiger partial charge in [0.25, 0.3) is 12.5 Å². The number of hydrogen-bond donors (Lipinski definition) is 0. The van der Waals surface area contributed by atoms with E-state index in [2.05, 4.69) is 0 Å². The van der Waals surface area contributed by atoms with E-state index in [9.17, 15) is 0 Å². The van der Waals surface area contributed by atoms with Gasteiger partial charge in [0.15, 0.2) is 11.5 Å². The Balaban J connectivity index is 3.61. The predicted octanol–water partition coefficient (Wildman–Crippen LogP) is 3.96. The number of benzene rings is 1. The molecule has 0 aromatic heterocycles. The van der Waals surface area contributed by atoms with Crippen molar-refractivity contribution in [1.82, 2.24) is 0 Å². The lowest BCUT2D eigenvalue weighted by Crippen LogP contribution is -2.04. The van der Waals surface area contributed by atoms with Gasteiger partial charge in [-0.1, -0.05) is 27.7 Å². The third-order valence-corrected chi connectivity index (χ3v) is 3.06. The summed E-state index contributed by atoms with van der Waals surface area (Å²) in [7, 11) is 0. The average Bonchev–Trinajstić information content (AvgIpc) is 2.33. The van der Waals surface area contributed by atoms with E-state index in [1.165, 1.54) is 0 Å². The van der Waals surface area contributed by atoms with Gasteiger partial charge in [-0.25, -0.2) is 0 Å². The second-order valence-corrected chi connectivity index (χ2v) is 5.03. The lowest BCUT2D eigenvalue weighted by Gasteiger charge is -2.19. The molecule has 0 radical (unpaired) electrons. The molecule has 0 spiro atoms. The van der Waals surface area contributed by atoms with Crippen LogP contribution in [-0.4, -0.2) is 0 Å². The number of ether oxygens (including phenoxy) is 2. The molecule has 1 rings (SSSR count). The molecule has 0 saturated heterocycles. The second-order valence-electron chi connectivity index (χ2n) is 5.03. The van der Waals surface area contributed by atoms with Crippen LogP contribution >= 0.6 is 0 Å². The summed E-state index contributed by atoms with van der Waals surface area (Å²) in [5.41, 5.74) is 2.60. The largest absolute Gasteiger partial charge is 0.387 e. The fraction of sp³-hybridized carbons (Fsp3) is 0.467. The van der Waals surface area contributed by atoms with Crippen molar-refractivity contribution >= 4 is 0 Å². The summed E-state index contributed by atoms with van der Waals surface area (Å²) in [5, 5.41) is 17.5. The summed E-state index contributed by atoms with van der Waals surface area (Å²) < 4.78 is 10.1. The first kappa shape index (κ1) is 14.9. The van der Waals surface area contributed by atoms with Gasteiger partial charge in [-0.15, -0.1) is 10.5 Å². The molecule has 0 aliphatic heterocycles. The van der Waals surface area contributed by atoms with Gasteiger partial charge in [-0.2, -0.15) is 0 Å². The quantitative estimate of drug-likeness (QED) is 0.766. The highest BCUT2D eigenvalue weighted by molar-refractivity contribution is 5.56. The monoisotopic (exact) mass is 258 g/mol. The van der Waals surface area contributed by atoms with Gasteiger partial charge in [0.1, 0.15) is 0 Å². The maximum Gasteiger partial charge on any atom is 0.292 e. The topological polar surface area (TPSA) is 66.0 Å². The van der Waals surface area contributed by atoms with E-state index in [1.54, 1.807) is 19.4 Å². The Labute approximate surface area is 114 Å². The van der Waals surface area contributed by atoms with Crippen LogP contribution in [0.5, 0.6) is 11.5 Å². The van der Waals surface area contributed by atoms with Crippen LogP contribution in [-0.2, 0) is 0 Å². The molecule has 4 heteroatoms. The summed E-state index contributed by atoms with van der Waals surface area (Å²) in [5.74, 6) is 1.42. The van der Waals surface area contributed by atoms with Gasteiger partial charge >= 0.3 is 0 Å². The summed E-state index contributed by atoms with van der Waals surface area (Å²) in [6.45, 7) is 9.95. The standard InChI is InChI=1S/C15H18N2O2/c1-9(2)12-6-13(10(3)4)15(19-8-17)11(5)14(12)18-7-16/h6,9-10H,1-5H3. The van der Waals surface area contributed by atoms with Crippen LogP contribution in [0.1, 0.15) is 56.2 Å². The zero-order valence-corrected chi connectivity index (χ0v) is 11.9. The van der Waals surface area contributed by atoms with Crippen LogP contribution in [0.25, 0.3) is 0 Å². The van der Waals surface area contributed by atoms with Crippen LogP contribution < -0.4 is 9.47 Å². The average molecular weight is 258 g/mol.